The number of hydrogen-bond donors (Lipinski definition) is 3. The molecule has 0 bridgehead atoms. The zero-order chi connectivity index (χ0) is 22.4. The van der Waals surface area contributed by atoms with Gasteiger partial charge in [0.1, 0.15) is 11.6 Å². The van der Waals surface area contributed by atoms with Crippen LogP contribution in [0.25, 0.3) is 11.4 Å². The van der Waals surface area contributed by atoms with E-state index in [2.05, 4.69) is 58.4 Å². The molecule has 2 aromatic heterocycles. The number of H-pyrrole nitrogens is 1. The first-order chi connectivity index (χ1) is 14.9. The smallest absolute Gasteiger partial charge is 0.317 e. The van der Waals surface area contributed by atoms with Crippen LogP contribution >= 0.6 is 22.6 Å². The fourth-order valence-electron chi connectivity index (χ4n) is 3.42. The molecule has 166 valence electrons. The van der Waals surface area contributed by atoms with Crippen molar-refractivity contribution >= 4 is 34.4 Å². The topological polar surface area (TPSA) is 91.4 Å². The molecule has 11 heteroatoms. The summed E-state index contributed by atoms with van der Waals surface area (Å²) < 4.78 is 40.6. The van der Waals surface area contributed by atoms with Crippen molar-refractivity contribution in [2.45, 2.75) is 31.9 Å². The van der Waals surface area contributed by atoms with Crippen LogP contribution in [0.2, 0.25) is 0 Å². The zero-order valence-electron chi connectivity index (χ0n) is 17.1. The van der Waals surface area contributed by atoms with Crippen LogP contribution < -0.4 is 10.6 Å². The van der Waals surface area contributed by atoms with Gasteiger partial charge in [-0.3, -0.25) is 5.10 Å². The number of nitrogens with one attached hydrogen (secondary N) is 3. The molecule has 0 atom stereocenters. The average molecular weight is 545 g/mol. The second kappa shape index (κ2) is 10.4. The Labute approximate surface area is 191 Å². The largest absolute Gasteiger partial charge is 0.417 e. The van der Waals surface area contributed by atoms with Crippen molar-refractivity contribution in [1.82, 2.24) is 30.5 Å². The first-order valence-electron chi connectivity index (χ1n) is 9.70. The van der Waals surface area contributed by atoms with Crippen LogP contribution in [0.5, 0.6) is 0 Å². The van der Waals surface area contributed by atoms with Gasteiger partial charge in [-0.1, -0.05) is 40.8 Å². The van der Waals surface area contributed by atoms with Crippen molar-refractivity contribution in [3.05, 3.63) is 47.4 Å². The molecule has 3 heterocycles. The normalized spacial score (nSPS) is 14.6. The van der Waals surface area contributed by atoms with E-state index in [-0.39, 0.29) is 17.3 Å². The summed E-state index contributed by atoms with van der Waals surface area (Å²) in [5, 5.41) is 13.0. The van der Waals surface area contributed by atoms with Crippen LogP contribution in [0.1, 0.15) is 35.8 Å². The van der Waals surface area contributed by atoms with Crippen LogP contribution in [0.4, 0.5) is 24.9 Å². The number of piperidine rings is 1. The summed E-state index contributed by atoms with van der Waals surface area (Å²) in [5.74, 6) is 1.45. The van der Waals surface area contributed by atoms with Gasteiger partial charge in [0.2, 0.25) is 5.95 Å². The fourth-order valence-corrected chi connectivity index (χ4v) is 3.42. The Morgan fingerprint density at radius 1 is 1.06 bits per heavy atom. The highest BCUT2D eigenvalue weighted by atomic mass is 127. The number of rotatable bonds is 4. The first-order valence-corrected chi connectivity index (χ1v) is 11.9. The van der Waals surface area contributed by atoms with E-state index >= 15 is 0 Å². The van der Waals surface area contributed by atoms with Gasteiger partial charge < -0.3 is 10.6 Å². The second-order valence-electron chi connectivity index (χ2n) is 6.94. The number of halogens is 4. The minimum Gasteiger partial charge on any atom is -0.317 e. The number of alkyl halides is 4. The number of anilines is 2. The highest BCUT2D eigenvalue weighted by molar-refractivity contribution is 14.1. The molecular weight excluding hydrogens is 522 g/mol. The van der Waals surface area contributed by atoms with Gasteiger partial charge in [-0.25, -0.2) is 9.97 Å². The summed E-state index contributed by atoms with van der Waals surface area (Å²) in [6, 6.07) is 7.11. The first kappa shape index (κ1) is 23.4. The highest BCUT2D eigenvalue weighted by Crippen LogP contribution is 2.37. The predicted molar refractivity (Wildman–Crippen MR) is 122 cm³/mol. The Morgan fingerprint density at radius 2 is 1.77 bits per heavy atom. The summed E-state index contributed by atoms with van der Waals surface area (Å²) in [6.45, 7) is 3.43. The molecule has 3 N–H and O–H groups in total. The molecule has 4 rings (SSSR count). The summed E-state index contributed by atoms with van der Waals surface area (Å²) in [6.07, 6.45) is -2.79. The minimum atomic E-state index is -4.50. The van der Waals surface area contributed by atoms with E-state index in [9.17, 15) is 13.2 Å². The molecular formula is C20H23F3IN7. The van der Waals surface area contributed by atoms with Crippen molar-refractivity contribution in [1.29, 1.82) is 0 Å². The lowest BCUT2D eigenvalue weighted by Crippen LogP contribution is -2.27. The second-order valence-corrected chi connectivity index (χ2v) is 6.94. The number of aryl methyl sites for hydroxylation is 1. The van der Waals surface area contributed by atoms with Crippen molar-refractivity contribution in [2.24, 2.45) is 0 Å². The van der Waals surface area contributed by atoms with E-state index in [1.165, 1.54) is 12.1 Å². The van der Waals surface area contributed by atoms with Gasteiger partial charge in [-0.15, -0.1) is 5.10 Å². The third kappa shape index (κ3) is 5.91. The molecule has 0 radical (unpaired) electrons. The van der Waals surface area contributed by atoms with Gasteiger partial charge in [0.25, 0.3) is 0 Å². The monoisotopic (exact) mass is 545 g/mol. The lowest BCUT2D eigenvalue weighted by atomic mass is 9.94. The molecule has 31 heavy (non-hydrogen) atoms. The number of aromatic amines is 1. The number of aromatic nitrogens is 5. The van der Waals surface area contributed by atoms with Crippen LogP contribution in [0.15, 0.2) is 30.3 Å². The lowest BCUT2D eigenvalue weighted by Gasteiger charge is -2.23. The highest BCUT2D eigenvalue weighted by Gasteiger charge is 2.34. The van der Waals surface area contributed by atoms with Gasteiger partial charge in [-0.2, -0.15) is 18.2 Å². The maximum Gasteiger partial charge on any atom is 0.417 e. The molecule has 0 aliphatic carbocycles. The molecule has 1 aliphatic heterocycles. The molecule has 1 saturated heterocycles. The van der Waals surface area contributed by atoms with Gasteiger partial charge >= 0.3 is 6.18 Å². The molecule has 0 unspecified atom stereocenters. The van der Waals surface area contributed by atoms with Crippen molar-refractivity contribution in [3.8, 4) is 11.4 Å². The standard InChI is InChI=1S/C19H20F3N7.CH3I/c1-11-24-18(29-28-11)27-16-10-15(12-6-8-23-9-7-12)25-17(26-16)13-4-2-3-5-14(13)19(20,21)22;1-2/h2-5,10,12,23H,6-9H2,1H3,(H2,24,25,26,27,28,29);1H3. The maximum absolute atomic E-state index is 13.5. The number of benzene rings is 1. The van der Waals surface area contributed by atoms with Crippen molar-refractivity contribution in [2.75, 3.05) is 23.3 Å². The fraction of sp³-hybridized carbons (Fsp3) is 0.400. The Bertz CT molecular complexity index is 1000. The molecule has 0 spiro atoms. The van der Waals surface area contributed by atoms with Crippen LogP contribution in [-0.4, -0.2) is 43.2 Å². The predicted octanol–water partition coefficient (Wildman–Crippen LogP) is 4.85. The summed E-state index contributed by atoms with van der Waals surface area (Å²) in [7, 11) is 0. The van der Waals surface area contributed by atoms with E-state index in [4.69, 9.17) is 0 Å². The van der Waals surface area contributed by atoms with E-state index in [1.54, 1.807) is 19.1 Å². The molecule has 1 aromatic carbocycles. The van der Waals surface area contributed by atoms with E-state index in [1.807, 2.05) is 4.93 Å². The quantitative estimate of drug-likeness (QED) is 0.321. The number of hydrogen-bond acceptors (Lipinski definition) is 6. The van der Waals surface area contributed by atoms with E-state index in [0.29, 0.717) is 23.3 Å². The Hall–Kier alpha value is -2.28. The van der Waals surface area contributed by atoms with Gasteiger partial charge in [0.05, 0.1) is 5.56 Å². The Morgan fingerprint density at radius 3 is 2.42 bits per heavy atom. The molecule has 3 aromatic rings. The van der Waals surface area contributed by atoms with Gasteiger partial charge in [0, 0.05) is 23.2 Å². The number of nitrogens with zero attached hydrogens (tertiary/aromatic N) is 4. The molecule has 0 amide bonds. The third-order valence-electron chi connectivity index (χ3n) is 4.81. The zero-order valence-corrected chi connectivity index (χ0v) is 19.3. The van der Waals surface area contributed by atoms with Crippen LogP contribution in [-0.2, 0) is 6.18 Å². The van der Waals surface area contributed by atoms with Gasteiger partial charge in [0.15, 0.2) is 5.82 Å². The van der Waals surface area contributed by atoms with Crippen LogP contribution in [0, 0.1) is 6.92 Å². The Kier molecular flexibility index (Phi) is 7.81. The molecule has 7 nitrogen and oxygen atoms in total. The van der Waals surface area contributed by atoms with E-state index < -0.39 is 11.7 Å². The van der Waals surface area contributed by atoms with E-state index in [0.717, 1.165) is 32.0 Å². The summed E-state index contributed by atoms with van der Waals surface area (Å²) >= 11 is 2.15. The molecule has 1 fully saturated rings. The summed E-state index contributed by atoms with van der Waals surface area (Å²) in [4.78, 5) is 15.0. The lowest BCUT2D eigenvalue weighted by molar-refractivity contribution is -0.137. The van der Waals surface area contributed by atoms with Crippen molar-refractivity contribution in [3.63, 3.8) is 0 Å². The van der Waals surface area contributed by atoms with Crippen LogP contribution in [0.3, 0.4) is 0 Å². The maximum atomic E-state index is 13.5. The molecule has 0 saturated carbocycles. The minimum absolute atomic E-state index is 0.0312. The summed E-state index contributed by atoms with van der Waals surface area (Å²) in [5.41, 5.74) is -0.101. The molecule has 1 aliphatic rings. The average Bonchev–Trinajstić information content (AvgIpc) is 3.19. The third-order valence-corrected chi connectivity index (χ3v) is 4.81. The Balaban J connectivity index is 0.00000132. The van der Waals surface area contributed by atoms with Gasteiger partial charge in [-0.05, 0) is 43.9 Å². The SMILES string of the molecule is CI.Cc1nc(Nc2cc(C3CCNCC3)nc(-c3ccccc3C(F)(F)F)n2)n[nH]1. The van der Waals surface area contributed by atoms with Crippen molar-refractivity contribution < 1.29 is 13.2 Å².